The number of amides is 1. The van der Waals surface area contributed by atoms with Crippen LogP contribution in [0.15, 0.2) is 59.4 Å². The van der Waals surface area contributed by atoms with Crippen LogP contribution >= 0.6 is 11.3 Å². The van der Waals surface area contributed by atoms with Crippen molar-refractivity contribution in [1.82, 2.24) is 15.2 Å². The van der Waals surface area contributed by atoms with E-state index in [9.17, 15) is 23.1 Å². The Balaban J connectivity index is 1.34. The van der Waals surface area contributed by atoms with E-state index in [1.807, 2.05) is 18.2 Å². The molecule has 2 aliphatic rings. The zero-order valence-corrected chi connectivity index (χ0v) is 19.6. The number of hydrogen-bond acceptors (Lipinski definition) is 7. The van der Waals surface area contributed by atoms with Crippen molar-refractivity contribution in [2.45, 2.75) is 44.1 Å². The number of piperidine rings is 1. The standard InChI is InChI=1S/C24H26F3N5O2S/c25-24(26,27)16-4-6-17(7-5-16)31-23-30-15-20(35-23)14-29-22(34)21-13-18(3-1-2-10-28-21)32-11-8-19(33)9-12-32/h1-2,4-7,10,13,15,18-19,33H,3,8-9,11-12,14H2,(H,29,34)(H,30,31). The summed E-state index contributed by atoms with van der Waals surface area (Å²) in [5, 5.41) is 16.1. The highest BCUT2D eigenvalue weighted by atomic mass is 32.1. The van der Waals surface area contributed by atoms with Gasteiger partial charge in [0.05, 0.1) is 18.2 Å². The van der Waals surface area contributed by atoms with Gasteiger partial charge in [-0.25, -0.2) is 4.98 Å². The van der Waals surface area contributed by atoms with Gasteiger partial charge in [-0.3, -0.25) is 14.7 Å². The molecule has 3 N–H and O–H groups in total. The van der Waals surface area contributed by atoms with E-state index in [2.05, 4.69) is 25.5 Å². The summed E-state index contributed by atoms with van der Waals surface area (Å²) in [4.78, 5) is 24.4. The smallest absolute Gasteiger partial charge is 0.393 e. The minimum absolute atomic E-state index is 0.0277. The Morgan fingerprint density at radius 2 is 1.94 bits per heavy atom. The van der Waals surface area contributed by atoms with Gasteiger partial charge in [0.2, 0.25) is 0 Å². The largest absolute Gasteiger partial charge is 0.416 e. The highest BCUT2D eigenvalue weighted by Gasteiger charge is 2.30. The number of carbonyl (C=O) groups excluding carboxylic acids is 1. The molecule has 4 rings (SSSR count). The third-order valence-electron chi connectivity index (χ3n) is 5.80. The number of benzene rings is 1. The summed E-state index contributed by atoms with van der Waals surface area (Å²) in [6.07, 6.45) is 6.47. The zero-order valence-electron chi connectivity index (χ0n) is 18.8. The van der Waals surface area contributed by atoms with Crippen LogP contribution in [0.1, 0.15) is 29.7 Å². The molecule has 2 aromatic rings. The van der Waals surface area contributed by atoms with Gasteiger partial charge in [-0.15, -0.1) is 0 Å². The second-order valence-electron chi connectivity index (χ2n) is 8.34. The molecular weight excluding hydrogens is 479 g/mol. The fourth-order valence-electron chi connectivity index (χ4n) is 3.87. The molecule has 7 nitrogen and oxygen atoms in total. The molecule has 1 amide bonds. The number of nitrogens with one attached hydrogen (secondary N) is 2. The van der Waals surface area contributed by atoms with Crippen LogP contribution in [0, 0.1) is 0 Å². The fourth-order valence-corrected chi connectivity index (χ4v) is 4.65. The summed E-state index contributed by atoms with van der Waals surface area (Å²) in [5.74, 6) is -0.302. The first-order valence-electron chi connectivity index (χ1n) is 11.3. The van der Waals surface area contributed by atoms with Gasteiger partial charge >= 0.3 is 6.18 Å². The van der Waals surface area contributed by atoms with Crippen LogP contribution in [0.3, 0.4) is 0 Å². The van der Waals surface area contributed by atoms with Gasteiger partial charge in [0.1, 0.15) is 5.70 Å². The molecule has 1 aromatic carbocycles. The lowest BCUT2D eigenvalue weighted by molar-refractivity contribution is -0.137. The fraction of sp³-hybridized carbons (Fsp3) is 0.375. The lowest BCUT2D eigenvalue weighted by atomic mass is 10.0. The first kappa shape index (κ1) is 25.1. The Labute approximate surface area is 205 Å². The second kappa shape index (κ2) is 11.1. The van der Waals surface area contributed by atoms with E-state index in [1.54, 1.807) is 12.4 Å². The minimum atomic E-state index is -4.38. The molecule has 1 aromatic heterocycles. The Morgan fingerprint density at radius 3 is 2.66 bits per heavy atom. The number of aliphatic imine (C=N–C) groups is 1. The average molecular weight is 506 g/mol. The SMILES string of the molecule is O=C(NCc1cnc(Nc2ccc(C(F)(F)F)cc2)s1)C1=CC(N2CCC(O)CC2)CC=CC=N1. The summed E-state index contributed by atoms with van der Waals surface area (Å²) in [6, 6.07) is 4.74. The Kier molecular flexibility index (Phi) is 7.99. The molecule has 1 saturated heterocycles. The normalized spacial score (nSPS) is 19.7. The van der Waals surface area contributed by atoms with E-state index in [4.69, 9.17) is 0 Å². The van der Waals surface area contributed by atoms with Crippen molar-refractivity contribution in [3.05, 3.63) is 64.8 Å². The van der Waals surface area contributed by atoms with E-state index in [-0.39, 0.29) is 24.6 Å². The summed E-state index contributed by atoms with van der Waals surface area (Å²) < 4.78 is 38.1. The number of thiazole rings is 1. The minimum Gasteiger partial charge on any atom is -0.393 e. The molecule has 1 fully saturated rings. The van der Waals surface area contributed by atoms with Crippen molar-refractivity contribution < 1.29 is 23.1 Å². The highest BCUT2D eigenvalue weighted by Crippen LogP contribution is 2.31. The number of aliphatic hydroxyl groups excluding tert-OH is 1. The molecule has 3 heterocycles. The van der Waals surface area contributed by atoms with Gasteiger partial charge in [-0.1, -0.05) is 17.4 Å². The third-order valence-corrected chi connectivity index (χ3v) is 6.72. The molecule has 35 heavy (non-hydrogen) atoms. The molecule has 1 unspecified atom stereocenters. The van der Waals surface area contributed by atoms with E-state index in [0.29, 0.717) is 29.4 Å². The van der Waals surface area contributed by atoms with E-state index >= 15 is 0 Å². The molecule has 11 heteroatoms. The quantitative estimate of drug-likeness (QED) is 0.546. The summed E-state index contributed by atoms with van der Waals surface area (Å²) in [5.41, 5.74) is 0.103. The maximum absolute atomic E-state index is 12.8. The molecule has 2 aliphatic heterocycles. The number of aromatic nitrogens is 1. The first-order valence-corrected chi connectivity index (χ1v) is 12.1. The highest BCUT2D eigenvalue weighted by molar-refractivity contribution is 7.15. The number of carbonyl (C=O) groups is 1. The summed E-state index contributed by atoms with van der Waals surface area (Å²) in [7, 11) is 0. The van der Waals surface area contributed by atoms with Crippen LogP contribution in [0.25, 0.3) is 0 Å². The van der Waals surface area contributed by atoms with Gasteiger partial charge in [0.15, 0.2) is 5.13 Å². The molecule has 0 aliphatic carbocycles. The van der Waals surface area contributed by atoms with Gasteiger partial charge in [0, 0.05) is 42.1 Å². The monoisotopic (exact) mass is 505 g/mol. The Hall–Kier alpha value is -3.02. The maximum atomic E-state index is 12.8. The van der Waals surface area contributed by atoms with E-state index in [0.717, 1.165) is 36.5 Å². The molecule has 0 saturated carbocycles. The number of likely N-dealkylation sites (tertiary alicyclic amines) is 1. The second-order valence-corrected chi connectivity index (χ2v) is 9.46. The molecule has 1 atom stereocenters. The Bertz CT molecular complexity index is 1100. The van der Waals surface area contributed by atoms with Crippen LogP contribution in [0.2, 0.25) is 0 Å². The van der Waals surface area contributed by atoms with Crippen molar-refractivity contribution >= 4 is 34.3 Å². The van der Waals surface area contributed by atoms with Gasteiger partial charge < -0.3 is 15.7 Å². The van der Waals surface area contributed by atoms with Crippen molar-refractivity contribution in [2.24, 2.45) is 4.99 Å². The third kappa shape index (κ3) is 7.00. The zero-order chi connectivity index (χ0) is 24.8. The van der Waals surface area contributed by atoms with Crippen LogP contribution in [0.4, 0.5) is 24.0 Å². The molecule has 0 spiro atoms. The number of rotatable bonds is 6. The summed E-state index contributed by atoms with van der Waals surface area (Å²) in [6.45, 7) is 1.78. The van der Waals surface area contributed by atoms with Crippen LogP contribution in [-0.4, -0.2) is 52.3 Å². The van der Waals surface area contributed by atoms with Crippen molar-refractivity contribution in [3.8, 4) is 0 Å². The molecule has 0 radical (unpaired) electrons. The Morgan fingerprint density at radius 1 is 1.20 bits per heavy atom. The number of halogens is 3. The maximum Gasteiger partial charge on any atom is 0.416 e. The lowest BCUT2D eigenvalue weighted by Gasteiger charge is -2.34. The van der Waals surface area contributed by atoms with Crippen molar-refractivity contribution in [2.75, 3.05) is 18.4 Å². The summed E-state index contributed by atoms with van der Waals surface area (Å²) >= 11 is 1.30. The van der Waals surface area contributed by atoms with Crippen molar-refractivity contribution in [1.29, 1.82) is 0 Å². The molecule has 0 bridgehead atoms. The van der Waals surface area contributed by atoms with Crippen LogP contribution in [0.5, 0.6) is 0 Å². The number of hydrogen-bond donors (Lipinski definition) is 3. The molecular formula is C24H26F3N5O2S. The lowest BCUT2D eigenvalue weighted by Crippen LogP contribution is -2.42. The van der Waals surface area contributed by atoms with E-state index < -0.39 is 11.7 Å². The number of allylic oxidation sites excluding steroid dienone is 1. The van der Waals surface area contributed by atoms with Gasteiger partial charge in [-0.2, -0.15) is 13.2 Å². The van der Waals surface area contributed by atoms with Crippen molar-refractivity contribution in [3.63, 3.8) is 0 Å². The predicted molar refractivity (Wildman–Crippen MR) is 130 cm³/mol. The van der Waals surface area contributed by atoms with Crippen LogP contribution in [-0.2, 0) is 17.5 Å². The number of aliphatic hydroxyl groups is 1. The topological polar surface area (TPSA) is 89.9 Å². The van der Waals surface area contributed by atoms with Crippen LogP contribution < -0.4 is 10.6 Å². The van der Waals surface area contributed by atoms with E-state index in [1.165, 1.54) is 23.5 Å². The van der Waals surface area contributed by atoms with Gasteiger partial charge in [0.25, 0.3) is 5.91 Å². The first-order chi connectivity index (χ1) is 16.8. The number of anilines is 2. The molecule has 186 valence electrons. The predicted octanol–water partition coefficient (Wildman–Crippen LogP) is 4.26. The number of alkyl halides is 3. The average Bonchev–Trinajstić information content (AvgIpc) is 3.25. The number of nitrogens with zero attached hydrogens (tertiary/aromatic N) is 3. The van der Waals surface area contributed by atoms with Gasteiger partial charge in [-0.05, 0) is 55.7 Å².